The first-order valence-corrected chi connectivity index (χ1v) is 9.90. The maximum Gasteiger partial charge on any atom is 0.155 e. The molecule has 0 N–H and O–H groups in total. The molecule has 1 aliphatic heterocycles. The Morgan fingerprint density at radius 2 is 1.81 bits per heavy atom. The number of rotatable bonds is 3. The molecule has 5 nitrogen and oxygen atoms in total. The van der Waals surface area contributed by atoms with Crippen molar-refractivity contribution in [3.05, 3.63) is 64.8 Å². The topological polar surface area (TPSA) is 43.2 Å². The summed E-state index contributed by atoms with van der Waals surface area (Å²) in [5.74, 6) is 0.997. The van der Waals surface area contributed by atoms with Crippen molar-refractivity contribution in [2.45, 2.75) is 6.54 Å². The van der Waals surface area contributed by atoms with Crippen LogP contribution in [0.25, 0.3) is 21.8 Å². The fourth-order valence-corrected chi connectivity index (χ4v) is 4.04. The van der Waals surface area contributed by atoms with Gasteiger partial charge in [0, 0.05) is 28.3 Å². The average molecular weight is 423 g/mol. The van der Waals surface area contributed by atoms with Gasteiger partial charge in [0.1, 0.15) is 5.52 Å². The molecule has 0 radical (unpaired) electrons. The molecule has 2 aromatic heterocycles. The Bertz CT molecular complexity index is 1100. The quantitative estimate of drug-likeness (QED) is 0.495. The molecular weight excluding hydrogens is 404 g/mol. The predicted molar refractivity (Wildman–Crippen MR) is 111 cm³/mol. The number of nitrogens with zero attached hydrogens (tertiary/aromatic N) is 4. The van der Waals surface area contributed by atoms with Crippen LogP contribution in [0.4, 0.5) is 5.82 Å². The van der Waals surface area contributed by atoms with Gasteiger partial charge in [0.2, 0.25) is 0 Å². The van der Waals surface area contributed by atoms with E-state index in [1.807, 2.05) is 18.3 Å². The Balaban J connectivity index is 1.73. The summed E-state index contributed by atoms with van der Waals surface area (Å²) < 4.78 is 8.67. The van der Waals surface area contributed by atoms with Crippen molar-refractivity contribution < 1.29 is 4.74 Å². The number of hydrogen-bond donors (Lipinski definition) is 0. The third kappa shape index (κ3) is 3.09. The number of benzene rings is 2. The third-order valence-corrected chi connectivity index (χ3v) is 5.51. The van der Waals surface area contributed by atoms with Gasteiger partial charge in [-0.2, -0.15) is 5.10 Å². The standard InChI is InChI=1S/C21H19BrN4O/c22-16-6-7-19-17(12-16)18-13-23-26(14-15-4-2-1-3-5-15)20(18)21(24-19)25-8-10-27-11-9-25/h1-7,12-13H,8-11,14H2. The van der Waals surface area contributed by atoms with E-state index in [-0.39, 0.29) is 0 Å². The maximum atomic E-state index is 5.55. The van der Waals surface area contributed by atoms with Gasteiger partial charge in [-0.3, -0.25) is 4.68 Å². The van der Waals surface area contributed by atoms with E-state index in [4.69, 9.17) is 14.8 Å². The second-order valence-corrected chi connectivity index (χ2v) is 7.66. The first kappa shape index (κ1) is 16.7. The molecule has 4 aromatic rings. The first-order valence-electron chi connectivity index (χ1n) is 9.11. The molecule has 0 amide bonds. The van der Waals surface area contributed by atoms with E-state index in [1.165, 1.54) is 5.56 Å². The molecule has 27 heavy (non-hydrogen) atoms. The summed E-state index contributed by atoms with van der Waals surface area (Å²) in [5, 5.41) is 6.99. The van der Waals surface area contributed by atoms with Crippen LogP contribution < -0.4 is 4.90 Å². The van der Waals surface area contributed by atoms with Crippen molar-refractivity contribution in [3.63, 3.8) is 0 Å². The number of aromatic nitrogens is 3. The normalized spacial score (nSPS) is 14.9. The molecule has 0 unspecified atom stereocenters. The van der Waals surface area contributed by atoms with Crippen LogP contribution in [0, 0.1) is 0 Å². The van der Waals surface area contributed by atoms with Crippen molar-refractivity contribution in [1.82, 2.24) is 14.8 Å². The first-order chi connectivity index (χ1) is 13.3. The minimum absolute atomic E-state index is 0.725. The maximum absolute atomic E-state index is 5.55. The number of ether oxygens (including phenoxy) is 1. The van der Waals surface area contributed by atoms with Gasteiger partial charge in [-0.25, -0.2) is 4.98 Å². The molecule has 5 rings (SSSR count). The van der Waals surface area contributed by atoms with Crippen molar-refractivity contribution in [2.75, 3.05) is 31.2 Å². The van der Waals surface area contributed by atoms with E-state index in [0.717, 1.165) is 64.9 Å². The number of morpholine rings is 1. The highest BCUT2D eigenvalue weighted by atomic mass is 79.9. The van der Waals surface area contributed by atoms with Gasteiger partial charge in [0.25, 0.3) is 0 Å². The monoisotopic (exact) mass is 422 g/mol. The van der Waals surface area contributed by atoms with Crippen molar-refractivity contribution in [2.24, 2.45) is 0 Å². The second kappa shape index (κ2) is 6.94. The Morgan fingerprint density at radius 1 is 1.00 bits per heavy atom. The van der Waals surface area contributed by atoms with Crippen LogP contribution in [0.1, 0.15) is 5.56 Å². The lowest BCUT2D eigenvalue weighted by atomic mass is 10.1. The van der Waals surface area contributed by atoms with Crippen LogP contribution in [0.5, 0.6) is 0 Å². The lowest BCUT2D eigenvalue weighted by molar-refractivity contribution is 0.122. The second-order valence-electron chi connectivity index (χ2n) is 6.75. The van der Waals surface area contributed by atoms with Gasteiger partial charge in [-0.1, -0.05) is 46.3 Å². The van der Waals surface area contributed by atoms with Crippen molar-refractivity contribution in [1.29, 1.82) is 0 Å². The molecule has 0 saturated carbocycles. The zero-order valence-electron chi connectivity index (χ0n) is 14.8. The molecule has 0 spiro atoms. The van der Waals surface area contributed by atoms with Crippen LogP contribution in [-0.4, -0.2) is 41.1 Å². The van der Waals surface area contributed by atoms with E-state index >= 15 is 0 Å². The summed E-state index contributed by atoms with van der Waals surface area (Å²) in [4.78, 5) is 7.35. The molecule has 0 atom stereocenters. The third-order valence-electron chi connectivity index (χ3n) is 5.01. The van der Waals surface area contributed by atoms with E-state index in [9.17, 15) is 0 Å². The summed E-state index contributed by atoms with van der Waals surface area (Å²) in [6.45, 7) is 3.88. The van der Waals surface area contributed by atoms with Crippen LogP contribution in [0.3, 0.4) is 0 Å². The fourth-order valence-electron chi connectivity index (χ4n) is 3.68. The van der Waals surface area contributed by atoms with Gasteiger partial charge in [0.05, 0.1) is 31.5 Å². The molecule has 6 heteroatoms. The number of hydrogen-bond acceptors (Lipinski definition) is 4. The highest BCUT2D eigenvalue weighted by Gasteiger charge is 2.21. The van der Waals surface area contributed by atoms with Gasteiger partial charge in [0.15, 0.2) is 5.82 Å². The number of anilines is 1. The van der Waals surface area contributed by atoms with E-state index < -0.39 is 0 Å². The predicted octanol–water partition coefficient (Wildman–Crippen LogP) is 4.23. The minimum Gasteiger partial charge on any atom is -0.378 e. The summed E-state index contributed by atoms with van der Waals surface area (Å²) in [6.07, 6.45) is 1.97. The largest absolute Gasteiger partial charge is 0.378 e. The molecular formula is C21H19BrN4O. The molecule has 1 saturated heterocycles. The number of halogens is 1. The molecule has 0 bridgehead atoms. The number of pyridine rings is 1. The Morgan fingerprint density at radius 3 is 2.63 bits per heavy atom. The fraction of sp³-hybridized carbons (Fsp3) is 0.238. The van der Waals surface area contributed by atoms with Gasteiger partial charge in [-0.15, -0.1) is 0 Å². The summed E-state index contributed by atoms with van der Waals surface area (Å²) in [7, 11) is 0. The van der Waals surface area contributed by atoms with E-state index in [0.29, 0.717) is 0 Å². The van der Waals surface area contributed by atoms with E-state index in [2.05, 4.69) is 61.9 Å². The molecule has 136 valence electrons. The Kier molecular flexibility index (Phi) is 4.30. The van der Waals surface area contributed by atoms with Crippen molar-refractivity contribution in [3.8, 4) is 0 Å². The molecule has 2 aromatic carbocycles. The van der Waals surface area contributed by atoms with E-state index in [1.54, 1.807) is 0 Å². The van der Waals surface area contributed by atoms with Crippen LogP contribution >= 0.6 is 15.9 Å². The molecule has 0 aliphatic carbocycles. The lowest BCUT2D eigenvalue weighted by Gasteiger charge is -2.29. The summed E-state index contributed by atoms with van der Waals surface area (Å²) >= 11 is 3.59. The molecule has 1 fully saturated rings. The average Bonchev–Trinajstić information content (AvgIpc) is 3.13. The van der Waals surface area contributed by atoms with Crippen LogP contribution in [-0.2, 0) is 11.3 Å². The number of fused-ring (bicyclic) bond motifs is 3. The van der Waals surface area contributed by atoms with Crippen LogP contribution in [0.2, 0.25) is 0 Å². The highest BCUT2D eigenvalue weighted by Crippen LogP contribution is 2.33. The zero-order chi connectivity index (χ0) is 18.2. The highest BCUT2D eigenvalue weighted by molar-refractivity contribution is 9.10. The van der Waals surface area contributed by atoms with Gasteiger partial charge in [-0.05, 0) is 23.8 Å². The lowest BCUT2D eigenvalue weighted by Crippen LogP contribution is -2.37. The SMILES string of the molecule is Brc1ccc2nc(N3CCOCC3)c3c(cnn3Cc3ccccc3)c2c1. The van der Waals surface area contributed by atoms with Gasteiger partial charge < -0.3 is 9.64 Å². The Labute approximate surface area is 165 Å². The zero-order valence-corrected chi connectivity index (χ0v) is 16.4. The summed E-state index contributed by atoms with van der Waals surface area (Å²) in [5.41, 5.74) is 3.31. The van der Waals surface area contributed by atoms with Crippen LogP contribution in [0.15, 0.2) is 59.2 Å². The van der Waals surface area contributed by atoms with Gasteiger partial charge >= 0.3 is 0 Å². The Hall–Kier alpha value is -2.44. The molecule has 3 heterocycles. The minimum atomic E-state index is 0.725. The summed E-state index contributed by atoms with van der Waals surface area (Å²) in [6, 6.07) is 16.7. The van der Waals surface area contributed by atoms with Crippen molar-refractivity contribution >= 4 is 43.6 Å². The molecule has 1 aliphatic rings. The smallest absolute Gasteiger partial charge is 0.155 e.